The predicted octanol–water partition coefficient (Wildman–Crippen LogP) is 17.6. The number of ether oxygens (including phenoxy) is 1. The molecular formula is C59H111NO5. The topological polar surface area (TPSA) is 95.9 Å². The van der Waals surface area contributed by atoms with Crippen molar-refractivity contribution in [3.63, 3.8) is 0 Å². The average Bonchev–Trinajstić information content (AvgIpc) is 3.31. The van der Waals surface area contributed by atoms with Crippen LogP contribution in [0, 0.1) is 0 Å². The van der Waals surface area contributed by atoms with E-state index in [9.17, 15) is 19.8 Å². The van der Waals surface area contributed by atoms with Crippen molar-refractivity contribution in [1.29, 1.82) is 0 Å². The minimum atomic E-state index is -0.846. The van der Waals surface area contributed by atoms with E-state index in [-0.39, 0.29) is 18.5 Å². The first-order valence-electron chi connectivity index (χ1n) is 28.8. The van der Waals surface area contributed by atoms with Gasteiger partial charge >= 0.3 is 5.97 Å². The van der Waals surface area contributed by atoms with E-state index in [0.717, 1.165) is 51.4 Å². The Hall–Kier alpha value is -1.92. The molecule has 0 saturated heterocycles. The zero-order valence-corrected chi connectivity index (χ0v) is 43.5. The van der Waals surface area contributed by atoms with Crippen LogP contribution < -0.4 is 5.32 Å². The highest BCUT2D eigenvalue weighted by atomic mass is 16.5. The molecule has 0 aromatic carbocycles. The van der Waals surface area contributed by atoms with Crippen molar-refractivity contribution in [2.45, 2.75) is 315 Å². The Bertz CT molecular complexity index is 1060. The number of hydrogen-bond donors (Lipinski definition) is 3. The summed E-state index contributed by atoms with van der Waals surface area (Å²) in [6.45, 7) is 4.78. The number of carbonyl (C=O) groups excluding carboxylic acids is 2. The lowest BCUT2D eigenvalue weighted by molar-refractivity contribution is -0.143. The first-order valence-corrected chi connectivity index (χ1v) is 28.8. The Labute approximate surface area is 404 Å². The van der Waals surface area contributed by atoms with Crippen LogP contribution in [0.4, 0.5) is 0 Å². The SMILES string of the molecule is CCCCCCCCCC/C=C/C(O)C(CO)NC(=O)CCCCCCCCCCCCCCCC/C=C\C/C=C\CCOC(=O)CCCCCCCCCCCCCCCCCCC. The molecule has 2 unspecified atom stereocenters. The van der Waals surface area contributed by atoms with E-state index in [2.05, 4.69) is 43.5 Å². The molecule has 6 nitrogen and oxygen atoms in total. The van der Waals surface area contributed by atoms with Gasteiger partial charge in [0.25, 0.3) is 0 Å². The fourth-order valence-corrected chi connectivity index (χ4v) is 8.77. The molecule has 0 bridgehead atoms. The number of carbonyl (C=O) groups is 2. The molecule has 0 heterocycles. The highest BCUT2D eigenvalue weighted by Crippen LogP contribution is 2.17. The number of aliphatic hydroxyl groups excluding tert-OH is 2. The van der Waals surface area contributed by atoms with Crippen LogP contribution in [0.25, 0.3) is 0 Å². The number of nitrogens with one attached hydrogen (secondary N) is 1. The summed E-state index contributed by atoms with van der Waals surface area (Å²) in [6, 6.07) is -0.630. The highest BCUT2D eigenvalue weighted by Gasteiger charge is 2.18. The number of esters is 1. The fraction of sp³-hybridized carbons (Fsp3) is 0.864. The van der Waals surface area contributed by atoms with Crippen LogP contribution in [0.3, 0.4) is 0 Å². The van der Waals surface area contributed by atoms with E-state index < -0.39 is 12.1 Å². The van der Waals surface area contributed by atoms with Gasteiger partial charge in [0, 0.05) is 12.8 Å². The van der Waals surface area contributed by atoms with Crippen LogP contribution >= 0.6 is 0 Å². The normalized spacial score (nSPS) is 12.9. The van der Waals surface area contributed by atoms with E-state index in [1.54, 1.807) is 6.08 Å². The molecule has 0 aromatic rings. The smallest absolute Gasteiger partial charge is 0.305 e. The van der Waals surface area contributed by atoms with Crippen LogP contribution in [0.15, 0.2) is 36.5 Å². The van der Waals surface area contributed by atoms with E-state index in [1.165, 1.54) is 225 Å². The van der Waals surface area contributed by atoms with E-state index >= 15 is 0 Å². The van der Waals surface area contributed by atoms with Gasteiger partial charge in [-0.05, 0) is 51.4 Å². The number of allylic oxidation sites excluding steroid dienone is 4. The minimum absolute atomic E-state index is 0.0323. The first-order chi connectivity index (χ1) is 32.0. The number of unbranched alkanes of at least 4 members (excludes halogenated alkanes) is 38. The zero-order valence-electron chi connectivity index (χ0n) is 43.5. The molecule has 382 valence electrons. The maximum absolute atomic E-state index is 12.4. The van der Waals surface area contributed by atoms with Gasteiger partial charge in [-0.25, -0.2) is 0 Å². The summed E-state index contributed by atoms with van der Waals surface area (Å²) in [6.07, 6.45) is 67.6. The molecule has 0 spiro atoms. The first kappa shape index (κ1) is 63.1. The van der Waals surface area contributed by atoms with Crippen molar-refractivity contribution in [3.05, 3.63) is 36.5 Å². The molecule has 1 amide bonds. The number of rotatable bonds is 53. The second kappa shape index (κ2) is 54.7. The second-order valence-corrected chi connectivity index (χ2v) is 19.6. The maximum atomic E-state index is 12.4. The van der Waals surface area contributed by atoms with Gasteiger partial charge in [0.2, 0.25) is 5.91 Å². The van der Waals surface area contributed by atoms with Gasteiger partial charge in [0.15, 0.2) is 0 Å². The fourth-order valence-electron chi connectivity index (χ4n) is 8.77. The summed E-state index contributed by atoms with van der Waals surface area (Å²) in [4.78, 5) is 24.4. The predicted molar refractivity (Wildman–Crippen MR) is 283 cm³/mol. The molecule has 0 rings (SSSR count). The monoisotopic (exact) mass is 914 g/mol. The molecule has 6 heteroatoms. The third-order valence-electron chi connectivity index (χ3n) is 13.2. The van der Waals surface area contributed by atoms with Gasteiger partial charge in [-0.1, -0.05) is 275 Å². The van der Waals surface area contributed by atoms with Gasteiger partial charge in [-0.3, -0.25) is 9.59 Å². The Morgan fingerprint density at radius 2 is 0.769 bits per heavy atom. The molecule has 65 heavy (non-hydrogen) atoms. The van der Waals surface area contributed by atoms with Crippen LogP contribution in [0.1, 0.15) is 303 Å². The van der Waals surface area contributed by atoms with Gasteiger partial charge in [-0.2, -0.15) is 0 Å². The standard InChI is InChI=1S/C59H111NO5/c1-3-5-7-9-11-13-15-16-17-23-27-30-33-37-41-45-49-53-59(64)65-54-50-46-42-38-34-31-28-25-22-20-18-19-21-24-26-29-32-36-40-44-48-52-58(63)60-56(55-61)57(62)51-47-43-39-35-14-12-10-8-6-4-2/h31,34,42,46-47,51,56-57,61-62H,3-30,32-33,35-41,43-45,48-50,52-55H2,1-2H3,(H,60,63)/b34-31-,46-42-,51-47+. The van der Waals surface area contributed by atoms with Crippen LogP contribution in [-0.4, -0.2) is 47.4 Å². The Kier molecular flexibility index (Phi) is 53.1. The van der Waals surface area contributed by atoms with Crippen LogP contribution in [-0.2, 0) is 14.3 Å². The lowest BCUT2D eigenvalue weighted by Crippen LogP contribution is -2.45. The van der Waals surface area contributed by atoms with E-state index in [1.807, 2.05) is 6.08 Å². The largest absolute Gasteiger partial charge is 0.465 e. The molecule has 0 aromatic heterocycles. The van der Waals surface area contributed by atoms with Crippen molar-refractivity contribution < 1.29 is 24.5 Å². The number of amides is 1. The molecule has 0 fully saturated rings. The quantitative estimate of drug-likeness (QED) is 0.0321. The summed E-state index contributed by atoms with van der Waals surface area (Å²) < 4.78 is 5.43. The molecule has 0 aliphatic carbocycles. The molecule has 0 saturated carbocycles. The number of hydrogen-bond acceptors (Lipinski definition) is 5. The van der Waals surface area contributed by atoms with Crippen molar-refractivity contribution >= 4 is 11.9 Å². The third-order valence-corrected chi connectivity index (χ3v) is 13.2. The average molecular weight is 915 g/mol. The highest BCUT2D eigenvalue weighted by molar-refractivity contribution is 5.76. The Balaban J connectivity index is 3.44. The lowest BCUT2D eigenvalue weighted by Gasteiger charge is -2.20. The number of aliphatic hydroxyl groups is 2. The van der Waals surface area contributed by atoms with Crippen LogP contribution in [0.5, 0.6) is 0 Å². The molecule has 0 aliphatic heterocycles. The van der Waals surface area contributed by atoms with Crippen molar-refractivity contribution in [2.24, 2.45) is 0 Å². The van der Waals surface area contributed by atoms with E-state index in [0.29, 0.717) is 19.4 Å². The maximum Gasteiger partial charge on any atom is 0.305 e. The summed E-state index contributed by atoms with van der Waals surface area (Å²) in [5.41, 5.74) is 0. The minimum Gasteiger partial charge on any atom is -0.465 e. The molecule has 0 radical (unpaired) electrons. The molecule has 3 N–H and O–H groups in total. The Morgan fingerprint density at radius 1 is 0.431 bits per heavy atom. The Morgan fingerprint density at radius 3 is 1.17 bits per heavy atom. The van der Waals surface area contributed by atoms with Crippen molar-refractivity contribution in [2.75, 3.05) is 13.2 Å². The molecule has 0 aliphatic rings. The lowest BCUT2D eigenvalue weighted by atomic mass is 10.0. The van der Waals surface area contributed by atoms with Crippen molar-refractivity contribution in [3.8, 4) is 0 Å². The zero-order chi connectivity index (χ0) is 47.2. The van der Waals surface area contributed by atoms with E-state index in [4.69, 9.17) is 4.74 Å². The second-order valence-electron chi connectivity index (χ2n) is 19.6. The van der Waals surface area contributed by atoms with Gasteiger partial charge < -0.3 is 20.3 Å². The summed E-state index contributed by atoms with van der Waals surface area (Å²) >= 11 is 0. The summed E-state index contributed by atoms with van der Waals surface area (Å²) in [7, 11) is 0. The van der Waals surface area contributed by atoms with Crippen LogP contribution in [0.2, 0.25) is 0 Å². The third kappa shape index (κ3) is 51.3. The van der Waals surface area contributed by atoms with Gasteiger partial charge in [-0.15, -0.1) is 0 Å². The summed E-state index contributed by atoms with van der Waals surface area (Å²) in [5.74, 6) is -0.107. The molecular weight excluding hydrogens is 803 g/mol. The van der Waals surface area contributed by atoms with Gasteiger partial charge in [0.1, 0.15) is 0 Å². The van der Waals surface area contributed by atoms with Gasteiger partial charge in [0.05, 0.1) is 25.4 Å². The van der Waals surface area contributed by atoms with Crippen molar-refractivity contribution in [1.82, 2.24) is 5.32 Å². The molecule has 2 atom stereocenters. The summed E-state index contributed by atoms with van der Waals surface area (Å²) in [5, 5.41) is 23.0.